The summed E-state index contributed by atoms with van der Waals surface area (Å²) in [7, 11) is 1.60. The van der Waals surface area contributed by atoms with Gasteiger partial charge in [0.25, 0.3) is 5.91 Å². The highest BCUT2D eigenvalue weighted by atomic mass is 16.5. The molecule has 1 atom stereocenters. The molecule has 0 spiro atoms. The minimum Gasteiger partial charge on any atom is -0.482 e. The second kappa shape index (κ2) is 5.08. The van der Waals surface area contributed by atoms with Gasteiger partial charge < -0.3 is 15.4 Å². The Kier molecular flexibility index (Phi) is 3.52. The Morgan fingerprint density at radius 2 is 2.41 bits per heavy atom. The first-order valence-electron chi connectivity index (χ1n) is 5.92. The van der Waals surface area contributed by atoms with Crippen LogP contribution in [0.25, 0.3) is 0 Å². The van der Waals surface area contributed by atoms with E-state index in [1.54, 1.807) is 7.05 Å². The molecule has 4 nitrogen and oxygen atoms in total. The highest BCUT2D eigenvalue weighted by molar-refractivity contribution is 5.77. The summed E-state index contributed by atoms with van der Waals surface area (Å²) in [6, 6.07) is 6.41. The fraction of sp³-hybridized carbons (Fsp3) is 0.462. The molecular formula is C13H18N2O2. The standard InChI is InChI=1S/C13H18N2O2/c1-9-6-7-10-4-3-5-11(13(10)15-9)17-8-12(16)14-2/h3-5,9,15H,6-8H2,1-2H3,(H,14,16). The van der Waals surface area contributed by atoms with Gasteiger partial charge in [-0.25, -0.2) is 0 Å². The summed E-state index contributed by atoms with van der Waals surface area (Å²) in [5, 5.41) is 5.95. The van der Waals surface area contributed by atoms with Crippen LogP contribution in [-0.2, 0) is 11.2 Å². The summed E-state index contributed by atoms with van der Waals surface area (Å²) in [6.45, 7) is 2.21. The summed E-state index contributed by atoms with van der Waals surface area (Å²) < 4.78 is 5.53. The van der Waals surface area contributed by atoms with Crippen LogP contribution in [0, 0.1) is 0 Å². The maximum Gasteiger partial charge on any atom is 0.257 e. The van der Waals surface area contributed by atoms with Crippen molar-refractivity contribution in [2.75, 3.05) is 19.0 Å². The van der Waals surface area contributed by atoms with Crippen LogP contribution in [0.2, 0.25) is 0 Å². The van der Waals surface area contributed by atoms with E-state index in [1.807, 2.05) is 12.1 Å². The number of benzene rings is 1. The molecule has 0 saturated heterocycles. The van der Waals surface area contributed by atoms with E-state index in [-0.39, 0.29) is 12.5 Å². The van der Waals surface area contributed by atoms with E-state index in [4.69, 9.17) is 4.74 Å². The average Bonchev–Trinajstić information content (AvgIpc) is 2.35. The number of carbonyl (C=O) groups excluding carboxylic acids is 1. The fourth-order valence-electron chi connectivity index (χ4n) is 1.98. The number of hydrogen-bond acceptors (Lipinski definition) is 3. The largest absolute Gasteiger partial charge is 0.482 e. The lowest BCUT2D eigenvalue weighted by Gasteiger charge is -2.26. The van der Waals surface area contributed by atoms with Crippen LogP contribution in [0.1, 0.15) is 18.9 Å². The third-order valence-electron chi connectivity index (χ3n) is 2.99. The van der Waals surface area contributed by atoms with Crippen LogP contribution in [0.3, 0.4) is 0 Å². The van der Waals surface area contributed by atoms with Gasteiger partial charge in [-0.3, -0.25) is 4.79 Å². The van der Waals surface area contributed by atoms with Crippen LogP contribution >= 0.6 is 0 Å². The summed E-state index contributed by atoms with van der Waals surface area (Å²) >= 11 is 0. The van der Waals surface area contributed by atoms with Crippen molar-refractivity contribution in [2.24, 2.45) is 0 Å². The number of carbonyl (C=O) groups is 1. The van der Waals surface area contributed by atoms with Gasteiger partial charge >= 0.3 is 0 Å². The molecule has 92 valence electrons. The van der Waals surface area contributed by atoms with Gasteiger partial charge in [-0.05, 0) is 31.4 Å². The van der Waals surface area contributed by atoms with E-state index in [9.17, 15) is 4.79 Å². The molecule has 0 aromatic heterocycles. The van der Waals surface area contributed by atoms with Crippen LogP contribution in [0.4, 0.5) is 5.69 Å². The number of para-hydroxylation sites is 1. The third kappa shape index (κ3) is 2.70. The monoisotopic (exact) mass is 234 g/mol. The van der Waals surface area contributed by atoms with Gasteiger partial charge in [-0.15, -0.1) is 0 Å². The molecule has 1 unspecified atom stereocenters. The Morgan fingerprint density at radius 3 is 3.18 bits per heavy atom. The van der Waals surface area contributed by atoms with E-state index < -0.39 is 0 Å². The first-order chi connectivity index (χ1) is 8.20. The van der Waals surface area contributed by atoms with E-state index in [0.717, 1.165) is 24.3 Å². The minimum atomic E-state index is -0.119. The van der Waals surface area contributed by atoms with Crippen molar-refractivity contribution in [3.05, 3.63) is 23.8 Å². The number of rotatable bonds is 3. The second-order valence-corrected chi connectivity index (χ2v) is 4.34. The Morgan fingerprint density at radius 1 is 1.59 bits per heavy atom. The molecule has 4 heteroatoms. The predicted octanol–water partition coefficient (Wildman–Crippen LogP) is 1.56. The first kappa shape index (κ1) is 11.8. The lowest BCUT2D eigenvalue weighted by molar-refractivity contribution is -0.122. The van der Waals surface area contributed by atoms with E-state index >= 15 is 0 Å². The normalized spacial score (nSPS) is 17.9. The van der Waals surface area contributed by atoms with Crippen molar-refractivity contribution >= 4 is 11.6 Å². The van der Waals surface area contributed by atoms with Crippen molar-refractivity contribution in [1.82, 2.24) is 5.32 Å². The zero-order valence-electron chi connectivity index (χ0n) is 10.2. The molecular weight excluding hydrogens is 216 g/mol. The fourth-order valence-corrected chi connectivity index (χ4v) is 1.98. The topological polar surface area (TPSA) is 50.4 Å². The molecule has 1 aromatic rings. The van der Waals surface area contributed by atoms with E-state index in [0.29, 0.717) is 6.04 Å². The van der Waals surface area contributed by atoms with E-state index in [2.05, 4.69) is 23.6 Å². The Bertz CT molecular complexity index is 418. The molecule has 0 bridgehead atoms. The van der Waals surface area contributed by atoms with Crippen LogP contribution in [-0.4, -0.2) is 25.6 Å². The van der Waals surface area contributed by atoms with Gasteiger partial charge in [0.1, 0.15) is 5.75 Å². The highest BCUT2D eigenvalue weighted by Crippen LogP contribution is 2.33. The van der Waals surface area contributed by atoms with Gasteiger partial charge in [0.15, 0.2) is 6.61 Å². The smallest absolute Gasteiger partial charge is 0.257 e. The average molecular weight is 234 g/mol. The summed E-state index contributed by atoms with van der Waals surface area (Å²) in [4.78, 5) is 11.2. The van der Waals surface area contributed by atoms with Crippen molar-refractivity contribution in [1.29, 1.82) is 0 Å². The molecule has 1 aliphatic heterocycles. The van der Waals surface area contributed by atoms with Gasteiger partial charge in [-0.1, -0.05) is 12.1 Å². The summed E-state index contributed by atoms with van der Waals surface area (Å²) in [5.41, 5.74) is 2.30. The van der Waals surface area contributed by atoms with Gasteiger partial charge in [0, 0.05) is 13.1 Å². The molecule has 1 aromatic carbocycles. The molecule has 1 aliphatic rings. The lowest BCUT2D eigenvalue weighted by Crippen LogP contribution is -2.26. The van der Waals surface area contributed by atoms with Gasteiger partial charge in [-0.2, -0.15) is 0 Å². The quantitative estimate of drug-likeness (QED) is 0.834. The molecule has 1 amide bonds. The molecule has 1 heterocycles. The Hall–Kier alpha value is -1.71. The minimum absolute atomic E-state index is 0.0585. The number of amides is 1. The molecule has 2 N–H and O–H groups in total. The van der Waals surface area contributed by atoms with Gasteiger partial charge in [0.05, 0.1) is 5.69 Å². The Labute approximate surface area is 101 Å². The number of nitrogens with one attached hydrogen (secondary N) is 2. The van der Waals surface area contributed by atoms with Gasteiger partial charge in [0.2, 0.25) is 0 Å². The number of likely N-dealkylation sites (N-methyl/N-ethyl adjacent to an activating group) is 1. The second-order valence-electron chi connectivity index (χ2n) is 4.34. The molecule has 0 saturated carbocycles. The predicted molar refractivity (Wildman–Crippen MR) is 67.4 cm³/mol. The molecule has 0 radical (unpaired) electrons. The van der Waals surface area contributed by atoms with Crippen molar-refractivity contribution in [2.45, 2.75) is 25.8 Å². The lowest BCUT2D eigenvalue weighted by atomic mass is 9.98. The SMILES string of the molecule is CNC(=O)COc1cccc2c1NC(C)CC2. The number of fused-ring (bicyclic) bond motifs is 1. The van der Waals surface area contributed by atoms with Crippen LogP contribution < -0.4 is 15.4 Å². The number of anilines is 1. The molecule has 2 rings (SSSR count). The van der Waals surface area contributed by atoms with Crippen molar-refractivity contribution in [3.8, 4) is 5.75 Å². The van der Waals surface area contributed by atoms with E-state index in [1.165, 1.54) is 5.56 Å². The summed E-state index contributed by atoms with van der Waals surface area (Å²) in [6.07, 6.45) is 2.19. The molecule has 0 fully saturated rings. The zero-order valence-corrected chi connectivity index (χ0v) is 10.2. The van der Waals surface area contributed by atoms with Crippen LogP contribution in [0.5, 0.6) is 5.75 Å². The van der Waals surface area contributed by atoms with Crippen molar-refractivity contribution in [3.63, 3.8) is 0 Å². The highest BCUT2D eigenvalue weighted by Gasteiger charge is 2.17. The Balaban J connectivity index is 2.14. The maximum absolute atomic E-state index is 11.2. The maximum atomic E-state index is 11.2. The van der Waals surface area contributed by atoms with Crippen molar-refractivity contribution < 1.29 is 9.53 Å². The zero-order chi connectivity index (χ0) is 12.3. The third-order valence-corrected chi connectivity index (χ3v) is 2.99. The molecule has 17 heavy (non-hydrogen) atoms. The number of hydrogen-bond donors (Lipinski definition) is 2. The summed E-state index contributed by atoms with van der Waals surface area (Å²) in [5.74, 6) is 0.643. The number of ether oxygens (including phenoxy) is 1. The number of aryl methyl sites for hydroxylation is 1. The molecule has 0 aliphatic carbocycles. The first-order valence-corrected chi connectivity index (χ1v) is 5.92. The van der Waals surface area contributed by atoms with Crippen LogP contribution in [0.15, 0.2) is 18.2 Å².